The first kappa shape index (κ1) is 14.1. The molecule has 2 nitrogen and oxygen atoms in total. The first-order chi connectivity index (χ1) is 9.54. The van der Waals surface area contributed by atoms with Crippen LogP contribution in [0.25, 0.3) is 0 Å². The minimum absolute atomic E-state index is 0.160. The van der Waals surface area contributed by atoms with Gasteiger partial charge in [-0.2, -0.15) is 0 Å². The molecule has 4 atom stereocenters. The first-order valence-corrected chi connectivity index (χ1v) is 8.10. The average molecular weight is 340 g/mol. The summed E-state index contributed by atoms with van der Waals surface area (Å²) in [4.78, 5) is 12.3. The van der Waals surface area contributed by atoms with Crippen LogP contribution < -0.4 is 5.32 Å². The minimum atomic E-state index is -0.383. The second-order valence-corrected chi connectivity index (χ2v) is 7.08. The standard InChI is InChI=1S/C16H19BrFNO/c1-9(13-7-10-2-3-11(13)6-10)19-16(20)14-8-12(18)4-5-15(14)17/h4-5,8-11,13H,2-3,6-7H2,1H3,(H,19,20)/t9-,10-,11-,13+/m0/s1. The number of hydrogen-bond donors (Lipinski definition) is 1. The van der Waals surface area contributed by atoms with Gasteiger partial charge >= 0.3 is 0 Å². The van der Waals surface area contributed by atoms with Crippen molar-refractivity contribution in [2.75, 3.05) is 0 Å². The number of hydrogen-bond acceptors (Lipinski definition) is 1. The van der Waals surface area contributed by atoms with Gasteiger partial charge in [-0.15, -0.1) is 0 Å². The smallest absolute Gasteiger partial charge is 0.252 e. The van der Waals surface area contributed by atoms with Gasteiger partial charge in [-0.1, -0.05) is 6.42 Å². The molecule has 2 aliphatic carbocycles. The summed E-state index contributed by atoms with van der Waals surface area (Å²) in [6, 6.07) is 4.37. The molecule has 1 amide bonds. The molecule has 0 heterocycles. The van der Waals surface area contributed by atoms with Crippen LogP contribution in [0.15, 0.2) is 22.7 Å². The zero-order chi connectivity index (χ0) is 14.3. The van der Waals surface area contributed by atoms with Crippen molar-refractivity contribution >= 4 is 21.8 Å². The molecule has 1 aromatic rings. The molecule has 0 spiro atoms. The number of benzene rings is 1. The zero-order valence-electron chi connectivity index (χ0n) is 11.5. The maximum atomic E-state index is 13.3. The highest BCUT2D eigenvalue weighted by atomic mass is 79.9. The summed E-state index contributed by atoms with van der Waals surface area (Å²) in [5, 5.41) is 3.06. The molecule has 108 valence electrons. The van der Waals surface area contributed by atoms with E-state index in [4.69, 9.17) is 0 Å². The van der Waals surface area contributed by atoms with Gasteiger partial charge in [0.2, 0.25) is 0 Å². The van der Waals surface area contributed by atoms with Crippen LogP contribution in [0, 0.1) is 23.6 Å². The molecule has 2 bridgehead atoms. The van der Waals surface area contributed by atoms with Crippen LogP contribution in [-0.2, 0) is 0 Å². The number of carbonyl (C=O) groups excluding carboxylic acids is 1. The highest BCUT2D eigenvalue weighted by Crippen LogP contribution is 2.49. The van der Waals surface area contributed by atoms with Crippen molar-refractivity contribution in [2.24, 2.45) is 17.8 Å². The highest BCUT2D eigenvalue weighted by Gasteiger charge is 2.42. The van der Waals surface area contributed by atoms with Gasteiger partial charge in [-0.3, -0.25) is 4.79 Å². The number of halogens is 2. The van der Waals surface area contributed by atoms with Gasteiger partial charge < -0.3 is 5.32 Å². The van der Waals surface area contributed by atoms with E-state index in [0.717, 1.165) is 11.8 Å². The normalized spacial score (nSPS) is 29.4. The molecular formula is C16H19BrFNO. The van der Waals surface area contributed by atoms with Crippen molar-refractivity contribution < 1.29 is 9.18 Å². The van der Waals surface area contributed by atoms with Crippen molar-refractivity contribution in [3.8, 4) is 0 Å². The molecule has 2 aliphatic rings. The Morgan fingerprint density at radius 3 is 2.85 bits per heavy atom. The van der Waals surface area contributed by atoms with Crippen molar-refractivity contribution in [3.05, 3.63) is 34.1 Å². The Morgan fingerprint density at radius 1 is 1.40 bits per heavy atom. The Bertz CT molecular complexity index is 533. The van der Waals surface area contributed by atoms with Crippen molar-refractivity contribution in [2.45, 2.75) is 38.6 Å². The average Bonchev–Trinajstić information content (AvgIpc) is 3.03. The molecule has 0 saturated heterocycles. The Hall–Kier alpha value is -0.900. The lowest BCUT2D eigenvalue weighted by Crippen LogP contribution is -2.40. The van der Waals surface area contributed by atoms with E-state index in [-0.39, 0.29) is 17.8 Å². The molecular weight excluding hydrogens is 321 g/mol. The van der Waals surface area contributed by atoms with E-state index >= 15 is 0 Å². The zero-order valence-corrected chi connectivity index (χ0v) is 13.1. The van der Waals surface area contributed by atoms with Crippen molar-refractivity contribution in [1.29, 1.82) is 0 Å². The monoisotopic (exact) mass is 339 g/mol. The van der Waals surface area contributed by atoms with Gasteiger partial charge in [0.1, 0.15) is 5.82 Å². The summed E-state index contributed by atoms with van der Waals surface area (Å²) in [5.74, 6) is 1.65. The maximum absolute atomic E-state index is 13.3. The predicted molar refractivity (Wildman–Crippen MR) is 80.0 cm³/mol. The van der Waals surface area contributed by atoms with Crippen molar-refractivity contribution in [1.82, 2.24) is 5.32 Å². The summed E-state index contributed by atoms with van der Waals surface area (Å²) in [6.07, 6.45) is 5.22. The second-order valence-electron chi connectivity index (χ2n) is 6.23. The van der Waals surface area contributed by atoms with Crippen LogP contribution in [0.4, 0.5) is 4.39 Å². The Morgan fingerprint density at radius 2 is 2.20 bits per heavy atom. The largest absolute Gasteiger partial charge is 0.349 e. The van der Waals surface area contributed by atoms with E-state index in [2.05, 4.69) is 28.2 Å². The fourth-order valence-corrected chi connectivity index (χ4v) is 4.40. The van der Waals surface area contributed by atoms with Gasteiger partial charge in [0.15, 0.2) is 0 Å². The third-order valence-corrected chi connectivity index (χ3v) is 5.66. The van der Waals surface area contributed by atoms with Crippen LogP contribution in [0.1, 0.15) is 43.0 Å². The summed E-state index contributed by atoms with van der Waals surface area (Å²) < 4.78 is 13.9. The molecule has 1 aromatic carbocycles. The number of carbonyl (C=O) groups is 1. The molecule has 0 unspecified atom stereocenters. The summed E-state index contributed by atoms with van der Waals surface area (Å²) in [7, 11) is 0. The van der Waals surface area contributed by atoms with Crippen LogP contribution >= 0.6 is 15.9 Å². The van der Waals surface area contributed by atoms with Gasteiger partial charge in [0.25, 0.3) is 5.91 Å². The maximum Gasteiger partial charge on any atom is 0.252 e. The highest BCUT2D eigenvalue weighted by molar-refractivity contribution is 9.10. The van der Waals surface area contributed by atoms with Crippen LogP contribution in [0.5, 0.6) is 0 Å². The topological polar surface area (TPSA) is 29.1 Å². The predicted octanol–water partition coefficient (Wildman–Crippen LogP) is 4.14. The van der Waals surface area contributed by atoms with Gasteiger partial charge in [0.05, 0.1) is 5.56 Å². The summed E-state index contributed by atoms with van der Waals surface area (Å²) >= 11 is 3.31. The Labute approximate surface area is 127 Å². The third-order valence-electron chi connectivity index (χ3n) is 4.97. The SMILES string of the molecule is C[C@H](NC(=O)c1cc(F)ccc1Br)[C@H]1C[C@H]2CC[C@H]1C2. The number of amides is 1. The van der Waals surface area contributed by atoms with Crippen LogP contribution in [-0.4, -0.2) is 11.9 Å². The second kappa shape index (κ2) is 5.47. The molecule has 0 aliphatic heterocycles. The minimum Gasteiger partial charge on any atom is -0.349 e. The lowest BCUT2D eigenvalue weighted by atomic mass is 9.84. The molecule has 2 saturated carbocycles. The third kappa shape index (κ3) is 2.62. The van der Waals surface area contributed by atoms with E-state index < -0.39 is 0 Å². The van der Waals surface area contributed by atoms with Gasteiger partial charge in [-0.05, 0) is 78.1 Å². The quantitative estimate of drug-likeness (QED) is 0.880. The van der Waals surface area contributed by atoms with E-state index in [0.29, 0.717) is 16.0 Å². The van der Waals surface area contributed by atoms with E-state index in [1.54, 1.807) is 6.07 Å². The van der Waals surface area contributed by atoms with Gasteiger partial charge in [-0.25, -0.2) is 4.39 Å². The molecule has 4 heteroatoms. The van der Waals surface area contributed by atoms with Crippen LogP contribution in [0.2, 0.25) is 0 Å². The lowest BCUT2D eigenvalue weighted by Gasteiger charge is -2.28. The number of fused-ring (bicyclic) bond motifs is 2. The fourth-order valence-electron chi connectivity index (χ4n) is 3.97. The van der Waals surface area contributed by atoms with E-state index in [1.165, 1.54) is 37.8 Å². The molecule has 20 heavy (non-hydrogen) atoms. The molecule has 0 aromatic heterocycles. The Kier molecular flexibility index (Phi) is 3.85. The first-order valence-electron chi connectivity index (χ1n) is 7.30. The molecule has 2 fully saturated rings. The number of rotatable bonds is 3. The summed E-state index contributed by atoms with van der Waals surface area (Å²) in [5.41, 5.74) is 0.375. The lowest BCUT2D eigenvalue weighted by molar-refractivity contribution is 0.0914. The molecule has 1 N–H and O–H groups in total. The van der Waals surface area contributed by atoms with Crippen LogP contribution in [0.3, 0.4) is 0 Å². The van der Waals surface area contributed by atoms with Crippen molar-refractivity contribution in [3.63, 3.8) is 0 Å². The Balaban J connectivity index is 1.68. The van der Waals surface area contributed by atoms with E-state index in [1.807, 2.05) is 0 Å². The molecule has 3 rings (SSSR count). The fraction of sp³-hybridized carbons (Fsp3) is 0.562. The van der Waals surface area contributed by atoms with Gasteiger partial charge in [0, 0.05) is 10.5 Å². The number of nitrogens with one attached hydrogen (secondary N) is 1. The van der Waals surface area contributed by atoms with E-state index in [9.17, 15) is 9.18 Å². The molecule has 0 radical (unpaired) electrons. The summed E-state index contributed by atoms with van der Waals surface area (Å²) in [6.45, 7) is 2.08.